The van der Waals surface area contributed by atoms with Gasteiger partial charge in [-0.05, 0) is 55.2 Å². The van der Waals surface area contributed by atoms with E-state index in [1.807, 2.05) is 30.3 Å². The lowest BCUT2D eigenvalue weighted by molar-refractivity contribution is -0.122. The molecule has 8 heteroatoms. The number of fused-ring (bicyclic) bond motifs is 1. The topological polar surface area (TPSA) is 104 Å². The fourth-order valence-electron chi connectivity index (χ4n) is 4.52. The van der Waals surface area contributed by atoms with Crippen LogP contribution >= 0.6 is 0 Å². The number of ketones is 1. The van der Waals surface area contributed by atoms with E-state index in [2.05, 4.69) is 11.1 Å². The minimum absolute atomic E-state index is 0.105. The zero-order valence-electron chi connectivity index (χ0n) is 18.9. The van der Waals surface area contributed by atoms with Crippen molar-refractivity contribution in [1.29, 1.82) is 5.26 Å². The molecule has 0 unspecified atom stereocenters. The number of para-hydroxylation sites is 1. The highest BCUT2D eigenvalue weighted by molar-refractivity contribution is 7.89. The van der Waals surface area contributed by atoms with Crippen LogP contribution in [-0.4, -0.2) is 36.1 Å². The molecule has 0 radical (unpaired) electrons. The molecule has 0 bridgehead atoms. The second-order valence-corrected chi connectivity index (χ2v) is 10.4. The molecular formula is C27H23N3O4S. The van der Waals surface area contributed by atoms with Crippen LogP contribution in [0.25, 0.3) is 22.2 Å². The number of aromatic nitrogens is 1. The molecule has 0 saturated carbocycles. The fraction of sp³-hybridized carbons (Fsp3) is 0.222. The lowest BCUT2D eigenvalue weighted by atomic mass is 10.0. The molecule has 0 N–H and O–H groups in total. The van der Waals surface area contributed by atoms with Gasteiger partial charge in [0.1, 0.15) is 5.58 Å². The maximum absolute atomic E-state index is 13.3. The molecule has 35 heavy (non-hydrogen) atoms. The summed E-state index contributed by atoms with van der Waals surface area (Å²) in [6.45, 7) is 0.296. The van der Waals surface area contributed by atoms with Gasteiger partial charge < -0.3 is 4.42 Å². The van der Waals surface area contributed by atoms with E-state index in [9.17, 15) is 13.2 Å². The van der Waals surface area contributed by atoms with Crippen molar-refractivity contribution in [2.75, 3.05) is 6.54 Å². The first-order chi connectivity index (χ1) is 17.0. The molecule has 1 aliphatic heterocycles. The van der Waals surface area contributed by atoms with Crippen molar-refractivity contribution in [2.24, 2.45) is 0 Å². The fourth-order valence-corrected chi connectivity index (χ4v) is 6.15. The molecule has 3 heterocycles. The van der Waals surface area contributed by atoms with E-state index in [4.69, 9.17) is 9.68 Å². The summed E-state index contributed by atoms with van der Waals surface area (Å²) < 4.78 is 33.5. The first-order valence-electron chi connectivity index (χ1n) is 11.4. The summed E-state index contributed by atoms with van der Waals surface area (Å²) in [6, 6.07) is 21.0. The zero-order chi connectivity index (χ0) is 24.4. The van der Waals surface area contributed by atoms with E-state index in [1.165, 1.54) is 10.4 Å². The van der Waals surface area contributed by atoms with Crippen molar-refractivity contribution >= 4 is 26.8 Å². The number of nitrogens with zero attached hydrogens (tertiary/aromatic N) is 3. The van der Waals surface area contributed by atoms with Crippen LogP contribution in [0.3, 0.4) is 0 Å². The Bertz CT molecular complexity index is 1520. The summed E-state index contributed by atoms with van der Waals surface area (Å²) in [5, 5.41) is 9.72. The smallest absolute Gasteiger partial charge is 0.277 e. The van der Waals surface area contributed by atoms with Gasteiger partial charge in [-0.15, -0.1) is 0 Å². The number of carbonyl (C=O) groups excluding carboxylic acids is 1. The average Bonchev–Trinajstić information content (AvgIpc) is 3.56. The van der Waals surface area contributed by atoms with Gasteiger partial charge in [-0.25, -0.2) is 8.42 Å². The molecule has 5 rings (SSSR count). The molecule has 0 amide bonds. The number of Topliss-reactive ketones (excluding diaryl/α,β-unsaturated/α-hetero) is 1. The van der Waals surface area contributed by atoms with Crippen molar-refractivity contribution < 1.29 is 17.6 Å². The van der Waals surface area contributed by atoms with Crippen LogP contribution in [0.15, 0.2) is 82.4 Å². The summed E-state index contributed by atoms with van der Waals surface area (Å²) >= 11 is 0. The molecule has 2 aromatic carbocycles. The van der Waals surface area contributed by atoms with Crippen LogP contribution in [0, 0.1) is 11.3 Å². The zero-order valence-corrected chi connectivity index (χ0v) is 19.7. The molecule has 176 valence electrons. The molecule has 2 aromatic heterocycles. The first kappa shape index (κ1) is 23.0. The number of aryl methyl sites for hydroxylation is 1. The number of sulfonamides is 1. The SMILES string of the molecule is N#Cc1cccc(-c2cc(CCC(=O)[C@@H]3CCCN3S(=O)(=O)c3cc4ccccc4o3)ccn2)c1. The van der Waals surface area contributed by atoms with Crippen molar-refractivity contribution in [3.63, 3.8) is 0 Å². The van der Waals surface area contributed by atoms with E-state index in [1.54, 1.807) is 36.5 Å². The van der Waals surface area contributed by atoms with Gasteiger partial charge in [0.15, 0.2) is 5.78 Å². The van der Waals surface area contributed by atoms with Gasteiger partial charge >= 0.3 is 0 Å². The minimum atomic E-state index is -3.92. The lowest BCUT2D eigenvalue weighted by Crippen LogP contribution is -2.40. The summed E-state index contributed by atoms with van der Waals surface area (Å²) in [4.78, 5) is 17.5. The maximum atomic E-state index is 13.3. The lowest BCUT2D eigenvalue weighted by Gasteiger charge is -2.21. The van der Waals surface area contributed by atoms with Gasteiger partial charge in [0, 0.05) is 36.2 Å². The predicted octanol–water partition coefficient (Wildman–Crippen LogP) is 4.72. The van der Waals surface area contributed by atoms with Gasteiger partial charge in [-0.1, -0.05) is 30.3 Å². The van der Waals surface area contributed by atoms with Crippen molar-refractivity contribution in [3.05, 3.63) is 84.1 Å². The Hall–Kier alpha value is -3.80. The molecule has 4 aromatic rings. The number of nitriles is 1. The Morgan fingerprint density at radius 3 is 2.80 bits per heavy atom. The third-order valence-electron chi connectivity index (χ3n) is 6.31. The molecule has 1 saturated heterocycles. The van der Waals surface area contributed by atoms with Crippen LogP contribution < -0.4 is 0 Å². The van der Waals surface area contributed by atoms with Gasteiger partial charge in [-0.2, -0.15) is 9.57 Å². The number of rotatable bonds is 7. The molecule has 1 atom stereocenters. The van der Waals surface area contributed by atoms with Crippen LogP contribution in [0.1, 0.15) is 30.4 Å². The van der Waals surface area contributed by atoms with Crippen molar-refractivity contribution in [1.82, 2.24) is 9.29 Å². The van der Waals surface area contributed by atoms with E-state index in [0.717, 1.165) is 16.8 Å². The standard InChI is InChI=1S/C27H23N3O4S/c28-18-20-5-3-7-21(15-20)23-16-19(12-13-29-23)10-11-25(31)24-8-4-14-30(24)35(32,33)27-17-22-6-1-2-9-26(22)34-27/h1-3,5-7,9,12-13,15-17,24H,4,8,10-11,14H2/t24-/m0/s1. The highest BCUT2D eigenvalue weighted by atomic mass is 32.2. The maximum Gasteiger partial charge on any atom is 0.277 e. The molecule has 1 aliphatic rings. The number of carbonyl (C=O) groups is 1. The highest BCUT2D eigenvalue weighted by Gasteiger charge is 2.40. The number of furan rings is 1. The van der Waals surface area contributed by atoms with Crippen molar-refractivity contribution in [3.8, 4) is 17.3 Å². The Morgan fingerprint density at radius 2 is 1.97 bits per heavy atom. The molecular weight excluding hydrogens is 462 g/mol. The summed E-state index contributed by atoms with van der Waals surface area (Å²) in [6.07, 6.45) is 3.51. The second-order valence-electron chi connectivity index (χ2n) is 8.59. The molecule has 0 spiro atoms. The number of pyridine rings is 1. The summed E-state index contributed by atoms with van der Waals surface area (Å²) in [5.74, 6) is -0.105. The minimum Gasteiger partial charge on any atom is -0.443 e. The normalized spacial score (nSPS) is 16.4. The van der Waals surface area contributed by atoms with E-state index >= 15 is 0 Å². The number of benzene rings is 2. The molecule has 7 nitrogen and oxygen atoms in total. The van der Waals surface area contributed by atoms with Gasteiger partial charge in [0.05, 0.1) is 23.4 Å². The Kier molecular flexibility index (Phi) is 6.20. The van der Waals surface area contributed by atoms with E-state index < -0.39 is 16.1 Å². The first-order valence-corrected chi connectivity index (χ1v) is 12.9. The Labute approximate surface area is 203 Å². The third kappa shape index (κ3) is 4.61. The predicted molar refractivity (Wildman–Crippen MR) is 131 cm³/mol. The molecule has 0 aliphatic carbocycles. The van der Waals surface area contributed by atoms with Gasteiger partial charge in [0.2, 0.25) is 5.09 Å². The Balaban J connectivity index is 1.30. The molecule has 1 fully saturated rings. The highest BCUT2D eigenvalue weighted by Crippen LogP contribution is 2.31. The van der Waals surface area contributed by atoms with Crippen LogP contribution in [-0.2, 0) is 21.2 Å². The summed E-state index contributed by atoms with van der Waals surface area (Å²) in [7, 11) is -3.92. The second kappa shape index (κ2) is 9.45. The Morgan fingerprint density at radius 1 is 1.11 bits per heavy atom. The summed E-state index contributed by atoms with van der Waals surface area (Å²) in [5.41, 5.74) is 3.53. The number of hydrogen-bond donors (Lipinski definition) is 0. The number of hydrogen-bond acceptors (Lipinski definition) is 6. The largest absolute Gasteiger partial charge is 0.443 e. The quantitative estimate of drug-likeness (QED) is 0.375. The average molecular weight is 486 g/mol. The van der Waals surface area contributed by atoms with Crippen LogP contribution in [0.5, 0.6) is 0 Å². The van der Waals surface area contributed by atoms with Crippen LogP contribution in [0.2, 0.25) is 0 Å². The van der Waals surface area contributed by atoms with E-state index in [-0.39, 0.29) is 17.3 Å². The van der Waals surface area contributed by atoms with Gasteiger partial charge in [-0.3, -0.25) is 9.78 Å². The van der Waals surface area contributed by atoms with E-state index in [0.29, 0.717) is 42.3 Å². The van der Waals surface area contributed by atoms with Crippen molar-refractivity contribution in [2.45, 2.75) is 36.8 Å². The van der Waals surface area contributed by atoms with Gasteiger partial charge in [0.25, 0.3) is 10.0 Å². The third-order valence-corrected chi connectivity index (χ3v) is 8.08. The monoisotopic (exact) mass is 485 g/mol. The van der Waals surface area contributed by atoms with Crippen LogP contribution in [0.4, 0.5) is 0 Å².